The van der Waals surface area contributed by atoms with Crippen LogP contribution in [0.15, 0.2) is 0 Å². The van der Waals surface area contributed by atoms with Crippen LogP contribution in [0.5, 0.6) is 0 Å². The Kier molecular flexibility index (Phi) is 23.4. The Morgan fingerprint density at radius 2 is 1.75 bits per heavy atom. The molecule has 0 aliphatic heterocycles. The third kappa shape index (κ3) is 56.8. The van der Waals surface area contributed by atoms with Crippen molar-refractivity contribution in [2.24, 2.45) is 0 Å². The molecule has 0 aromatic rings. The summed E-state index contributed by atoms with van der Waals surface area (Å²) in [4.78, 5) is 0. The number of rotatable bonds is 0. The second kappa shape index (κ2) is 10.5. The molecule has 0 N–H and O–H groups in total. The van der Waals surface area contributed by atoms with Crippen molar-refractivity contribution >= 4 is 0 Å². The summed E-state index contributed by atoms with van der Waals surface area (Å²) in [5.74, 6) is 2.00. The standard InChI is InChI=1S/C3H3.W/c1-3-2;/h1H3;/q-1;. The van der Waals surface area contributed by atoms with Crippen molar-refractivity contribution in [3.05, 3.63) is 6.42 Å². The molecule has 4 heavy (non-hydrogen) atoms. The van der Waals surface area contributed by atoms with Crippen molar-refractivity contribution in [3.63, 3.8) is 0 Å². The first-order valence-corrected chi connectivity index (χ1v) is 0.750. The van der Waals surface area contributed by atoms with Gasteiger partial charge in [-0.1, -0.05) is 0 Å². The molecule has 0 spiro atoms. The monoisotopic (exact) mass is 223 g/mol. The maximum atomic E-state index is 5.96. The smallest absolute Gasteiger partial charge is 0 e. The van der Waals surface area contributed by atoms with Gasteiger partial charge in [0.05, 0.1) is 0 Å². The summed E-state index contributed by atoms with van der Waals surface area (Å²) in [5, 5.41) is 0. The zero-order valence-electron chi connectivity index (χ0n) is 2.41. The summed E-state index contributed by atoms with van der Waals surface area (Å²) in [6, 6.07) is 0. The predicted octanol–water partition coefficient (Wildman–Crippen LogP) is 0.594. The molecule has 0 aromatic carbocycles. The Morgan fingerprint density at radius 1 is 1.75 bits per heavy atom. The molecular formula is C3H3W-. The summed E-state index contributed by atoms with van der Waals surface area (Å²) < 4.78 is 0. The van der Waals surface area contributed by atoms with Gasteiger partial charge in [0.1, 0.15) is 0 Å². The number of hydrogen-bond acceptors (Lipinski definition) is 0. The molecule has 22 valence electrons. The van der Waals surface area contributed by atoms with Crippen molar-refractivity contribution in [2.45, 2.75) is 6.92 Å². The topological polar surface area (TPSA) is 0 Å². The molecule has 0 fully saturated rings. The van der Waals surface area contributed by atoms with Crippen molar-refractivity contribution in [1.29, 1.82) is 0 Å². The van der Waals surface area contributed by atoms with Crippen LogP contribution in [0.25, 0.3) is 0 Å². The SMILES string of the molecule is [C-]#CC.[W]. The van der Waals surface area contributed by atoms with E-state index in [2.05, 4.69) is 0 Å². The van der Waals surface area contributed by atoms with Gasteiger partial charge in [-0.05, 0) is 6.92 Å². The average molecular weight is 223 g/mol. The third-order valence-corrected chi connectivity index (χ3v) is 0. The summed E-state index contributed by atoms with van der Waals surface area (Å²) in [7, 11) is 0. The maximum absolute atomic E-state index is 5.96. The summed E-state index contributed by atoms with van der Waals surface area (Å²) in [6.07, 6.45) is 5.96. The largest absolute Gasteiger partial charge is 0.694 e. The first kappa shape index (κ1) is 8.87. The second-order valence-corrected chi connectivity index (χ2v) is 0.250. The van der Waals surface area contributed by atoms with Crippen LogP contribution in [-0.4, -0.2) is 0 Å². The van der Waals surface area contributed by atoms with Crippen LogP contribution in [0.4, 0.5) is 0 Å². The van der Waals surface area contributed by atoms with E-state index < -0.39 is 0 Å². The van der Waals surface area contributed by atoms with Gasteiger partial charge in [0, 0.05) is 21.1 Å². The minimum Gasteiger partial charge on any atom is -0.694 e. The summed E-state index contributed by atoms with van der Waals surface area (Å²) in [5.41, 5.74) is 0. The molecule has 0 atom stereocenters. The minimum atomic E-state index is 0. The molecule has 1 heteroatoms. The van der Waals surface area contributed by atoms with Crippen LogP contribution in [0.2, 0.25) is 0 Å². The van der Waals surface area contributed by atoms with Gasteiger partial charge >= 0.3 is 0 Å². The average Bonchev–Trinajstić information content (AvgIpc) is 0.918. The van der Waals surface area contributed by atoms with Gasteiger partial charge in [0.2, 0.25) is 0 Å². The first-order valence-electron chi connectivity index (χ1n) is 0.750. The fourth-order valence-corrected chi connectivity index (χ4v) is 0. The Bertz CT molecular complexity index is 24.8. The molecule has 0 aliphatic rings. The van der Waals surface area contributed by atoms with E-state index >= 15 is 0 Å². The molecule has 0 heterocycles. The quantitative estimate of drug-likeness (QED) is 0.416. The van der Waals surface area contributed by atoms with E-state index in [1.807, 2.05) is 5.92 Å². The fourth-order valence-electron chi connectivity index (χ4n) is 0. The Labute approximate surface area is 40.9 Å². The van der Waals surface area contributed by atoms with Crippen LogP contribution in [0.1, 0.15) is 6.92 Å². The van der Waals surface area contributed by atoms with Gasteiger partial charge in [0.15, 0.2) is 0 Å². The van der Waals surface area contributed by atoms with E-state index in [1.165, 1.54) is 0 Å². The molecule has 0 saturated heterocycles. The van der Waals surface area contributed by atoms with Gasteiger partial charge in [-0.25, -0.2) is 0 Å². The molecule has 0 radical (unpaired) electrons. The van der Waals surface area contributed by atoms with Crippen LogP contribution in [-0.2, 0) is 21.1 Å². The molecule has 0 rings (SSSR count). The van der Waals surface area contributed by atoms with Crippen molar-refractivity contribution < 1.29 is 21.1 Å². The normalized spacial score (nSPS) is 2.00. The molecule has 0 unspecified atom stereocenters. The van der Waals surface area contributed by atoms with E-state index in [4.69, 9.17) is 6.42 Å². The predicted molar refractivity (Wildman–Crippen MR) is 12.8 cm³/mol. The molecule has 0 aliphatic carbocycles. The van der Waals surface area contributed by atoms with Crippen molar-refractivity contribution in [3.8, 4) is 5.92 Å². The van der Waals surface area contributed by atoms with E-state index in [1.54, 1.807) is 6.92 Å². The van der Waals surface area contributed by atoms with Gasteiger partial charge in [-0.3, -0.25) is 0 Å². The fraction of sp³-hybridized carbons (Fsp3) is 0.333. The van der Waals surface area contributed by atoms with Gasteiger partial charge < -0.3 is 12.3 Å². The molecule has 0 nitrogen and oxygen atoms in total. The molecule has 0 aromatic heterocycles. The van der Waals surface area contributed by atoms with Crippen LogP contribution >= 0.6 is 0 Å². The number of hydrogen-bond donors (Lipinski definition) is 0. The Balaban J connectivity index is 0. The van der Waals surface area contributed by atoms with E-state index in [9.17, 15) is 0 Å². The molecule has 0 saturated carbocycles. The zero-order valence-corrected chi connectivity index (χ0v) is 5.34. The zero-order chi connectivity index (χ0) is 2.71. The molecule has 0 bridgehead atoms. The van der Waals surface area contributed by atoms with E-state index in [0.29, 0.717) is 0 Å². The Hall–Kier alpha value is 0.248. The van der Waals surface area contributed by atoms with Crippen LogP contribution in [0, 0.1) is 12.3 Å². The minimum absolute atomic E-state index is 0. The van der Waals surface area contributed by atoms with Crippen molar-refractivity contribution in [1.82, 2.24) is 0 Å². The maximum Gasteiger partial charge on any atom is 0 e. The van der Waals surface area contributed by atoms with Gasteiger partial charge in [-0.2, -0.15) is 0 Å². The van der Waals surface area contributed by atoms with Gasteiger partial charge in [-0.15, -0.1) is 0 Å². The van der Waals surface area contributed by atoms with Crippen LogP contribution < -0.4 is 0 Å². The summed E-state index contributed by atoms with van der Waals surface area (Å²) in [6.45, 7) is 1.54. The van der Waals surface area contributed by atoms with Gasteiger partial charge in [0.25, 0.3) is 0 Å². The van der Waals surface area contributed by atoms with E-state index in [-0.39, 0.29) is 21.1 Å². The second-order valence-electron chi connectivity index (χ2n) is 0.250. The molecule has 0 amide bonds. The van der Waals surface area contributed by atoms with Crippen molar-refractivity contribution in [2.75, 3.05) is 0 Å². The van der Waals surface area contributed by atoms with E-state index in [0.717, 1.165) is 0 Å². The molecular weight excluding hydrogens is 220 g/mol. The summed E-state index contributed by atoms with van der Waals surface area (Å²) >= 11 is 0. The van der Waals surface area contributed by atoms with Crippen LogP contribution in [0.3, 0.4) is 0 Å². The third-order valence-electron chi connectivity index (χ3n) is 0. The first-order chi connectivity index (χ1) is 1.41. The Morgan fingerprint density at radius 3 is 1.75 bits per heavy atom.